The fourth-order valence-corrected chi connectivity index (χ4v) is 3.03. The molecular formula is C24H22N4O3. The Hall–Kier alpha value is -4.26. The van der Waals surface area contributed by atoms with Crippen molar-refractivity contribution >= 4 is 28.9 Å². The summed E-state index contributed by atoms with van der Waals surface area (Å²) in [4.78, 5) is 13.1. The Morgan fingerprint density at radius 1 is 0.774 bits per heavy atom. The predicted octanol–water partition coefficient (Wildman–Crippen LogP) is 5.08. The van der Waals surface area contributed by atoms with Crippen LogP contribution in [0.3, 0.4) is 0 Å². The first-order valence-corrected chi connectivity index (χ1v) is 9.68. The summed E-state index contributed by atoms with van der Waals surface area (Å²) in [6.07, 6.45) is 0. The zero-order valence-corrected chi connectivity index (χ0v) is 17.2. The van der Waals surface area contributed by atoms with Gasteiger partial charge in [-0.2, -0.15) is 4.68 Å². The second-order valence-electron chi connectivity index (χ2n) is 6.70. The highest BCUT2D eigenvalue weighted by Gasteiger charge is 2.17. The molecule has 0 fully saturated rings. The Balaban J connectivity index is 1.65. The molecule has 7 nitrogen and oxygen atoms in total. The van der Waals surface area contributed by atoms with E-state index in [1.807, 2.05) is 66.7 Å². The molecule has 0 aliphatic heterocycles. The van der Waals surface area contributed by atoms with E-state index in [2.05, 4.69) is 15.7 Å². The van der Waals surface area contributed by atoms with Crippen molar-refractivity contribution in [2.45, 2.75) is 0 Å². The summed E-state index contributed by atoms with van der Waals surface area (Å²) < 4.78 is 11.8. The monoisotopic (exact) mass is 414 g/mol. The van der Waals surface area contributed by atoms with Gasteiger partial charge in [0.15, 0.2) is 5.82 Å². The van der Waals surface area contributed by atoms with Crippen LogP contribution in [0.5, 0.6) is 11.5 Å². The highest BCUT2D eigenvalue weighted by molar-refractivity contribution is 5.98. The molecule has 0 aliphatic rings. The van der Waals surface area contributed by atoms with Crippen molar-refractivity contribution in [3.63, 3.8) is 0 Å². The molecule has 1 aromatic heterocycles. The van der Waals surface area contributed by atoms with Gasteiger partial charge in [0.25, 0.3) is 5.91 Å². The van der Waals surface area contributed by atoms with Gasteiger partial charge in [0, 0.05) is 23.0 Å². The molecule has 156 valence electrons. The molecule has 4 aromatic rings. The highest BCUT2D eigenvalue weighted by atomic mass is 16.5. The van der Waals surface area contributed by atoms with Crippen LogP contribution in [0.1, 0.15) is 10.4 Å². The topological polar surface area (TPSA) is 77.4 Å². The van der Waals surface area contributed by atoms with E-state index in [4.69, 9.17) is 9.47 Å². The minimum atomic E-state index is -0.237. The second kappa shape index (κ2) is 9.04. The van der Waals surface area contributed by atoms with E-state index in [1.165, 1.54) is 4.68 Å². The summed E-state index contributed by atoms with van der Waals surface area (Å²) in [5, 5.41) is 11.0. The van der Waals surface area contributed by atoms with Gasteiger partial charge in [-0.25, -0.2) is 0 Å². The molecule has 31 heavy (non-hydrogen) atoms. The third kappa shape index (κ3) is 4.67. The molecule has 2 N–H and O–H groups in total. The van der Waals surface area contributed by atoms with Crippen LogP contribution < -0.4 is 20.1 Å². The Bertz CT molecular complexity index is 1150. The third-order valence-corrected chi connectivity index (χ3v) is 4.65. The molecule has 0 saturated carbocycles. The van der Waals surface area contributed by atoms with Crippen LogP contribution in [-0.4, -0.2) is 29.9 Å². The Morgan fingerprint density at radius 2 is 1.32 bits per heavy atom. The number of benzene rings is 3. The van der Waals surface area contributed by atoms with Crippen LogP contribution in [-0.2, 0) is 0 Å². The highest BCUT2D eigenvalue weighted by Crippen LogP contribution is 2.26. The first-order valence-electron chi connectivity index (χ1n) is 9.68. The quantitative estimate of drug-likeness (QED) is 0.439. The van der Waals surface area contributed by atoms with Crippen molar-refractivity contribution in [1.82, 2.24) is 9.78 Å². The average Bonchev–Trinajstić information content (AvgIpc) is 3.22. The number of hydrogen-bond acceptors (Lipinski definition) is 6. The van der Waals surface area contributed by atoms with Crippen molar-refractivity contribution in [3.8, 4) is 11.5 Å². The SMILES string of the molecule is COc1ccc(Nc2cc(Nc3ccc(OC)cc3)n(C(=O)c3ccccc3)n2)cc1. The van der Waals surface area contributed by atoms with Crippen molar-refractivity contribution in [2.75, 3.05) is 24.9 Å². The van der Waals surface area contributed by atoms with Crippen LogP contribution in [0.2, 0.25) is 0 Å². The van der Waals surface area contributed by atoms with Gasteiger partial charge in [0.05, 0.1) is 14.2 Å². The summed E-state index contributed by atoms with van der Waals surface area (Å²) in [6.45, 7) is 0. The van der Waals surface area contributed by atoms with Crippen LogP contribution in [0.25, 0.3) is 0 Å². The number of methoxy groups -OCH3 is 2. The van der Waals surface area contributed by atoms with Gasteiger partial charge in [-0.15, -0.1) is 5.10 Å². The number of rotatable bonds is 7. The lowest BCUT2D eigenvalue weighted by Crippen LogP contribution is -2.16. The van der Waals surface area contributed by atoms with Crippen LogP contribution >= 0.6 is 0 Å². The van der Waals surface area contributed by atoms with Gasteiger partial charge in [0.2, 0.25) is 0 Å². The lowest BCUT2D eigenvalue weighted by molar-refractivity contribution is 0.0948. The second-order valence-corrected chi connectivity index (χ2v) is 6.70. The van der Waals surface area contributed by atoms with Crippen LogP contribution in [0.15, 0.2) is 84.9 Å². The summed E-state index contributed by atoms with van der Waals surface area (Å²) in [7, 11) is 3.24. The van der Waals surface area contributed by atoms with E-state index in [1.54, 1.807) is 32.4 Å². The van der Waals surface area contributed by atoms with E-state index < -0.39 is 0 Å². The Morgan fingerprint density at radius 3 is 1.87 bits per heavy atom. The predicted molar refractivity (Wildman–Crippen MR) is 121 cm³/mol. The van der Waals surface area contributed by atoms with Crippen molar-refractivity contribution in [2.24, 2.45) is 0 Å². The molecule has 4 rings (SSSR count). The molecule has 0 bridgehead atoms. The van der Waals surface area contributed by atoms with Gasteiger partial charge in [-0.3, -0.25) is 4.79 Å². The molecule has 1 heterocycles. The number of ether oxygens (including phenoxy) is 2. The molecule has 0 radical (unpaired) electrons. The van der Waals surface area contributed by atoms with E-state index in [0.717, 1.165) is 22.9 Å². The molecule has 0 atom stereocenters. The summed E-state index contributed by atoms with van der Waals surface area (Å²) in [5.74, 6) is 2.35. The van der Waals surface area contributed by atoms with Gasteiger partial charge < -0.3 is 20.1 Å². The standard InChI is InChI=1S/C24H22N4O3/c1-30-20-12-8-18(9-13-20)25-22-16-23(26-19-10-14-21(31-2)15-11-19)28(27-22)24(29)17-6-4-3-5-7-17/h3-16,26H,1-2H3,(H,25,27). The summed E-state index contributed by atoms with van der Waals surface area (Å²) >= 11 is 0. The zero-order chi connectivity index (χ0) is 21.6. The molecule has 0 aliphatic carbocycles. The number of carbonyl (C=O) groups excluding carboxylic acids is 1. The van der Waals surface area contributed by atoms with E-state index >= 15 is 0 Å². The summed E-state index contributed by atoms with van der Waals surface area (Å²) in [6, 6.07) is 25.7. The number of aromatic nitrogens is 2. The maximum Gasteiger partial charge on any atom is 0.280 e. The number of nitrogens with one attached hydrogen (secondary N) is 2. The van der Waals surface area contributed by atoms with E-state index in [0.29, 0.717) is 17.2 Å². The van der Waals surface area contributed by atoms with Crippen molar-refractivity contribution in [1.29, 1.82) is 0 Å². The third-order valence-electron chi connectivity index (χ3n) is 4.65. The molecule has 7 heteroatoms. The Labute approximate surface area is 180 Å². The largest absolute Gasteiger partial charge is 0.497 e. The lowest BCUT2D eigenvalue weighted by Gasteiger charge is -2.09. The minimum Gasteiger partial charge on any atom is -0.497 e. The molecule has 0 amide bonds. The molecule has 0 spiro atoms. The minimum absolute atomic E-state index is 0.237. The number of nitrogens with zero attached hydrogens (tertiary/aromatic N) is 2. The number of carbonyl (C=O) groups is 1. The molecular weight excluding hydrogens is 392 g/mol. The molecule has 0 saturated heterocycles. The van der Waals surface area contributed by atoms with Crippen LogP contribution in [0, 0.1) is 0 Å². The molecule has 3 aromatic carbocycles. The van der Waals surface area contributed by atoms with E-state index in [9.17, 15) is 4.79 Å². The van der Waals surface area contributed by atoms with Gasteiger partial charge in [-0.05, 0) is 60.7 Å². The van der Waals surface area contributed by atoms with Gasteiger partial charge in [-0.1, -0.05) is 18.2 Å². The zero-order valence-electron chi connectivity index (χ0n) is 17.2. The summed E-state index contributed by atoms with van der Waals surface area (Å²) in [5.41, 5.74) is 2.17. The fraction of sp³-hybridized carbons (Fsp3) is 0.0833. The first-order chi connectivity index (χ1) is 15.2. The lowest BCUT2D eigenvalue weighted by atomic mass is 10.2. The number of hydrogen-bond donors (Lipinski definition) is 2. The van der Waals surface area contributed by atoms with Gasteiger partial charge in [0.1, 0.15) is 17.3 Å². The van der Waals surface area contributed by atoms with Gasteiger partial charge >= 0.3 is 0 Å². The number of anilines is 4. The van der Waals surface area contributed by atoms with Crippen molar-refractivity contribution < 1.29 is 14.3 Å². The van der Waals surface area contributed by atoms with Crippen molar-refractivity contribution in [3.05, 3.63) is 90.5 Å². The Kier molecular flexibility index (Phi) is 5.84. The normalized spacial score (nSPS) is 10.4. The average molecular weight is 414 g/mol. The van der Waals surface area contributed by atoms with E-state index in [-0.39, 0.29) is 5.91 Å². The molecule has 0 unspecified atom stereocenters. The fourth-order valence-electron chi connectivity index (χ4n) is 3.03. The smallest absolute Gasteiger partial charge is 0.280 e. The van der Waals surface area contributed by atoms with Crippen LogP contribution in [0.4, 0.5) is 23.0 Å². The maximum atomic E-state index is 13.1. The first kappa shape index (κ1) is 20.0. The maximum absolute atomic E-state index is 13.1.